The van der Waals surface area contributed by atoms with Crippen LogP contribution in [0.2, 0.25) is 5.02 Å². The summed E-state index contributed by atoms with van der Waals surface area (Å²) in [6, 6.07) is 14.5. The van der Waals surface area contributed by atoms with E-state index in [4.69, 9.17) is 27.9 Å². The largest absolute Gasteiger partial charge is 0.497 e. The zero-order valence-corrected chi connectivity index (χ0v) is 14.1. The van der Waals surface area contributed by atoms with Crippen molar-refractivity contribution >= 4 is 34.3 Å². The van der Waals surface area contributed by atoms with Crippen LogP contribution in [0.3, 0.4) is 0 Å². The molecule has 3 rings (SSSR count). The average Bonchev–Trinajstić information content (AvgIpc) is 2.57. The quantitative estimate of drug-likeness (QED) is 0.617. The van der Waals surface area contributed by atoms with Gasteiger partial charge in [0.25, 0.3) is 0 Å². The SMILES string of the molecule is COc1ccc(C2=C(Cl)CCC(c3ccc(Cl)cc3)=C2F)cc1. The van der Waals surface area contributed by atoms with Crippen molar-refractivity contribution in [3.8, 4) is 5.75 Å². The summed E-state index contributed by atoms with van der Waals surface area (Å²) in [6.07, 6.45) is 1.19. The predicted molar refractivity (Wildman–Crippen MR) is 94.5 cm³/mol. The first-order chi connectivity index (χ1) is 11.1. The third kappa shape index (κ3) is 3.29. The van der Waals surface area contributed by atoms with E-state index in [-0.39, 0.29) is 5.83 Å². The number of halogens is 3. The van der Waals surface area contributed by atoms with Gasteiger partial charge in [0.05, 0.1) is 7.11 Å². The van der Waals surface area contributed by atoms with Gasteiger partial charge in [-0.3, -0.25) is 0 Å². The van der Waals surface area contributed by atoms with E-state index in [1.165, 1.54) is 0 Å². The molecule has 118 valence electrons. The van der Waals surface area contributed by atoms with E-state index in [2.05, 4.69) is 0 Å². The lowest BCUT2D eigenvalue weighted by atomic mass is 9.89. The summed E-state index contributed by atoms with van der Waals surface area (Å²) in [5.74, 6) is 0.456. The maximum absolute atomic E-state index is 15.1. The molecule has 23 heavy (non-hydrogen) atoms. The predicted octanol–water partition coefficient (Wildman–Crippen LogP) is 6.47. The minimum absolute atomic E-state index is 0.270. The van der Waals surface area contributed by atoms with Crippen molar-refractivity contribution in [2.24, 2.45) is 0 Å². The van der Waals surface area contributed by atoms with E-state index in [9.17, 15) is 0 Å². The lowest BCUT2D eigenvalue weighted by molar-refractivity contribution is 0.415. The maximum Gasteiger partial charge on any atom is 0.135 e. The van der Waals surface area contributed by atoms with E-state index < -0.39 is 0 Å². The van der Waals surface area contributed by atoms with Gasteiger partial charge in [-0.25, -0.2) is 4.39 Å². The Bertz CT molecular complexity index is 774. The molecule has 0 unspecified atom stereocenters. The summed E-state index contributed by atoms with van der Waals surface area (Å²) in [4.78, 5) is 0. The van der Waals surface area contributed by atoms with E-state index in [1.54, 1.807) is 31.4 Å². The molecule has 0 bridgehead atoms. The number of hydrogen-bond acceptors (Lipinski definition) is 1. The molecule has 0 radical (unpaired) electrons. The molecule has 0 amide bonds. The molecule has 1 aliphatic rings. The van der Waals surface area contributed by atoms with Crippen LogP contribution in [0.25, 0.3) is 11.1 Å². The monoisotopic (exact) mass is 348 g/mol. The topological polar surface area (TPSA) is 9.23 Å². The molecule has 4 heteroatoms. The zero-order valence-electron chi connectivity index (χ0n) is 12.6. The molecular weight excluding hydrogens is 334 g/mol. The van der Waals surface area contributed by atoms with E-state index in [0.29, 0.717) is 34.0 Å². The second kappa shape index (κ2) is 6.77. The van der Waals surface area contributed by atoms with Gasteiger partial charge in [0.1, 0.15) is 11.6 Å². The van der Waals surface area contributed by atoms with Gasteiger partial charge in [0, 0.05) is 15.6 Å². The number of benzene rings is 2. The first kappa shape index (κ1) is 16.1. The Morgan fingerprint density at radius 2 is 1.48 bits per heavy atom. The van der Waals surface area contributed by atoms with Crippen molar-refractivity contribution in [1.82, 2.24) is 0 Å². The number of methoxy groups -OCH3 is 1. The van der Waals surface area contributed by atoms with Crippen LogP contribution in [0.5, 0.6) is 5.75 Å². The molecule has 0 saturated carbocycles. The van der Waals surface area contributed by atoms with Gasteiger partial charge in [0.15, 0.2) is 0 Å². The lowest BCUT2D eigenvalue weighted by Gasteiger charge is -2.20. The third-order valence-electron chi connectivity index (χ3n) is 3.92. The van der Waals surface area contributed by atoms with Gasteiger partial charge in [-0.1, -0.05) is 47.5 Å². The molecule has 0 aliphatic heterocycles. The fourth-order valence-corrected chi connectivity index (χ4v) is 3.12. The van der Waals surface area contributed by atoms with Crippen LogP contribution < -0.4 is 4.74 Å². The highest BCUT2D eigenvalue weighted by molar-refractivity contribution is 6.34. The first-order valence-corrected chi connectivity index (χ1v) is 8.04. The molecular formula is C19H15Cl2FO. The summed E-state index contributed by atoms with van der Waals surface area (Å²) in [6.45, 7) is 0. The summed E-state index contributed by atoms with van der Waals surface area (Å²) >= 11 is 12.2. The molecule has 1 nitrogen and oxygen atoms in total. The number of allylic oxidation sites excluding steroid dienone is 4. The zero-order chi connectivity index (χ0) is 16.4. The number of hydrogen-bond donors (Lipinski definition) is 0. The molecule has 0 aromatic heterocycles. The highest BCUT2D eigenvalue weighted by Crippen LogP contribution is 2.43. The first-order valence-electron chi connectivity index (χ1n) is 7.28. The minimum Gasteiger partial charge on any atom is -0.497 e. The molecule has 0 heterocycles. The Morgan fingerprint density at radius 3 is 2.09 bits per heavy atom. The van der Waals surface area contributed by atoms with Crippen LogP contribution in [0.15, 0.2) is 59.4 Å². The Balaban J connectivity index is 2.05. The lowest BCUT2D eigenvalue weighted by Crippen LogP contribution is -2.01. The van der Waals surface area contributed by atoms with Crippen LogP contribution in [-0.2, 0) is 0 Å². The smallest absolute Gasteiger partial charge is 0.135 e. The van der Waals surface area contributed by atoms with Crippen molar-refractivity contribution in [1.29, 1.82) is 0 Å². The van der Waals surface area contributed by atoms with Crippen LogP contribution in [0, 0.1) is 0 Å². The molecule has 0 fully saturated rings. The van der Waals surface area contributed by atoms with Crippen LogP contribution >= 0.6 is 23.2 Å². The molecule has 2 aromatic carbocycles. The number of rotatable bonds is 3. The summed E-state index contributed by atoms with van der Waals surface area (Å²) in [7, 11) is 1.60. The fraction of sp³-hybridized carbons (Fsp3) is 0.158. The third-order valence-corrected chi connectivity index (χ3v) is 4.55. The van der Waals surface area contributed by atoms with E-state index >= 15 is 4.39 Å². The minimum atomic E-state index is -0.270. The molecule has 0 atom stereocenters. The van der Waals surface area contributed by atoms with Crippen molar-refractivity contribution < 1.29 is 9.13 Å². The molecule has 1 aliphatic carbocycles. The van der Waals surface area contributed by atoms with E-state index in [0.717, 1.165) is 16.9 Å². The van der Waals surface area contributed by atoms with Crippen LogP contribution in [0.4, 0.5) is 4.39 Å². The highest BCUT2D eigenvalue weighted by Gasteiger charge is 2.23. The van der Waals surface area contributed by atoms with Crippen molar-refractivity contribution in [2.45, 2.75) is 12.8 Å². The highest BCUT2D eigenvalue weighted by atomic mass is 35.5. The second-order valence-electron chi connectivity index (χ2n) is 5.31. The summed E-state index contributed by atoms with van der Waals surface area (Å²) in [5.41, 5.74) is 2.71. The Morgan fingerprint density at radius 1 is 0.870 bits per heavy atom. The summed E-state index contributed by atoms with van der Waals surface area (Å²) in [5, 5.41) is 1.18. The molecule has 0 N–H and O–H groups in total. The molecule has 0 saturated heterocycles. The van der Waals surface area contributed by atoms with Gasteiger partial charge >= 0.3 is 0 Å². The fourth-order valence-electron chi connectivity index (χ4n) is 2.70. The summed E-state index contributed by atoms with van der Waals surface area (Å²) < 4.78 is 20.2. The van der Waals surface area contributed by atoms with Crippen molar-refractivity contribution in [3.05, 3.63) is 75.5 Å². The Labute approximate surface area is 145 Å². The second-order valence-corrected chi connectivity index (χ2v) is 6.20. The van der Waals surface area contributed by atoms with Gasteiger partial charge < -0.3 is 4.74 Å². The Kier molecular flexibility index (Phi) is 4.74. The van der Waals surface area contributed by atoms with Crippen molar-refractivity contribution in [2.75, 3.05) is 7.11 Å². The van der Waals surface area contributed by atoms with Gasteiger partial charge in [-0.15, -0.1) is 0 Å². The standard InChI is InChI=1S/C19H15Cl2FO/c1-23-15-8-4-13(5-9-15)18-17(21)11-10-16(19(18)22)12-2-6-14(20)7-3-12/h2-9H,10-11H2,1H3. The van der Waals surface area contributed by atoms with Gasteiger partial charge in [-0.2, -0.15) is 0 Å². The van der Waals surface area contributed by atoms with Gasteiger partial charge in [-0.05, 0) is 53.8 Å². The molecule has 2 aromatic rings. The van der Waals surface area contributed by atoms with Crippen molar-refractivity contribution in [3.63, 3.8) is 0 Å². The van der Waals surface area contributed by atoms with E-state index in [1.807, 2.05) is 24.3 Å². The van der Waals surface area contributed by atoms with Crippen LogP contribution in [0.1, 0.15) is 24.0 Å². The average molecular weight is 349 g/mol. The maximum atomic E-state index is 15.1. The normalized spacial score (nSPS) is 15.1. The van der Waals surface area contributed by atoms with Crippen LogP contribution in [-0.4, -0.2) is 7.11 Å². The van der Waals surface area contributed by atoms with Gasteiger partial charge in [0.2, 0.25) is 0 Å². The Hall–Kier alpha value is -1.77. The number of ether oxygens (including phenoxy) is 1. The molecule has 0 spiro atoms.